The molecule has 1 aromatic carbocycles. The Morgan fingerprint density at radius 1 is 1.23 bits per heavy atom. The lowest BCUT2D eigenvalue weighted by atomic mass is 10.1. The smallest absolute Gasteiger partial charge is 0.181 e. The van der Waals surface area contributed by atoms with Crippen molar-refractivity contribution in [2.24, 2.45) is 0 Å². The second-order valence-corrected chi connectivity index (χ2v) is 4.40. The number of benzene rings is 1. The van der Waals surface area contributed by atoms with Crippen LogP contribution in [0.1, 0.15) is 16.7 Å². The minimum absolute atomic E-state index is 0.659. The SMILES string of the molecule is Cc1cc(C)c2nc(N)sc2c1C. The molecule has 0 saturated heterocycles. The van der Waals surface area contributed by atoms with Crippen molar-refractivity contribution in [3.05, 3.63) is 22.8 Å². The summed E-state index contributed by atoms with van der Waals surface area (Å²) in [7, 11) is 0. The molecule has 2 nitrogen and oxygen atoms in total. The Bertz CT molecular complexity index is 471. The van der Waals surface area contributed by atoms with Gasteiger partial charge in [-0.05, 0) is 37.5 Å². The third-order valence-corrected chi connectivity index (χ3v) is 3.39. The second-order valence-electron chi connectivity index (χ2n) is 3.37. The number of rotatable bonds is 0. The summed E-state index contributed by atoms with van der Waals surface area (Å²) < 4.78 is 1.23. The molecule has 1 aromatic heterocycles. The van der Waals surface area contributed by atoms with Crippen molar-refractivity contribution < 1.29 is 0 Å². The van der Waals surface area contributed by atoms with E-state index in [-0.39, 0.29) is 0 Å². The maximum Gasteiger partial charge on any atom is 0.181 e. The van der Waals surface area contributed by atoms with E-state index in [0.29, 0.717) is 5.13 Å². The molecule has 0 spiro atoms. The maximum atomic E-state index is 5.69. The van der Waals surface area contributed by atoms with Crippen LogP contribution in [0.3, 0.4) is 0 Å². The highest BCUT2D eigenvalue weighted by Gasteiger charge is 2.08. The number of fused-ring (bicyclic) bond motifs is 1. The molecule has 0 aliphatic rings. The highest BCUT2D eigenvalue weighted by Crippen LogP contribution is 2.31. The van der Waals surface area contributed by atoms with Crippen molar-refractivity contribution in [3.63, 3.8) is 0 Å². The first kappa shape index (κ1) is 8.51. The Kier molecular flexibility index (Phi) is 1.77. The van der Waals surface area contributed by atoms with E-state index < -0.39 is 0 Å². The average molecular weight is 192 g/mol. The summed E-state index contributed by atoms with van der Waals surface area (Å²) in [6, 6.07) is 2.16. The molecule has 0 saturated carbocycles. The third-order valence-electron chi connectivity index (χ3n) is 2.38. The van der Waals surface area contributed by atoms with Crippen LogP contribution in [0.2, 0.25) is 0 Å². The number of aryl methyl sites for hydroxylation is 3. The van der Waals surface area contributed by atoms with Crippen LogP contribution in [0.15, 0.2) is 6.07 Å². The first-order valence-corrected chi connectivity index (χ1v) is 5.04. The van der Waals surface area contributed by atoms with E-state index in [0.717, 1.165) is 5.52 Å². The topological polar surface area (TPSA) is 38.9 Å². The van der Waals surface area contributed by atoms with Gasteiger partial charge in [0.1, 0.15) is 0 Å². The monoisotopic (exact) mass is 192 g/mol. The van der Waals surface area contributed by atoms with Gasteiger partial charge in [-0.3, -0.25) is 0 Å². The van der Waals surface area contributed by atoms with Gasteiger partial charge in [-0.1, -0.05) is 17.4 Å². The quantitative estimate of drug-likeness (QED) is 0.697. The summed E-state index contributed by atoms with van der Waals surface area (Å²) in [5.74, 6) is 0. The van der Waals surface area contributed by atoms with Gasteiger partial charge in [0.05, 0.1) is 10.2 Å². The van der Waals surface area contributed by atoms with Crippen LogP contribution in [0.25, 0.3) is 10.2 Å². The first-order valence-electron chi connectivity index (χ1n) is 4.22. The predicted octanol–water partition coefficient (Wildman–Crippen LogP) is 2.80. The van der Waals surface area contributed by atoms with Crippen LogP contribution < -0.4 is 5.73 Å². The zero-order valence-corrected chi connectivity index (χ0v) is 8.83. The molecule has 2 N–H and O–H groups in total. The van der Waals surface area contributed by atoms with E-state index in [1.807, 2.05) is 0 Å². The predicted molar refractivity (Wildman–Crippen MR) is 58.2 cm³/mol. The van der Waals surface area contributed by atoms with Gasteiger partial charge in [0, 0.05) is 0 Å². The summed E-state index contributed by atoms with van der Waals surface area (Å²) in [4.78, 5) is 4.31. The summed E-state index contributed by atoms with van der Waals surface area (Å²) >= 11 is 1.57. The van der Waals surface area contributed by atoms with E-state index in [1.165, 1.54) is 21.4 Å². The lowest BCUT2D eigenvalue weighted by Gasteiger charge is -2.02. The Morgan fingerprint density at radius 2 is 1.92 bits per heavy atom. The molecule has 0 aliphatic heterocycles. The van der Waals surface area contributed by atoms with Crippen LogP contribution in [0, 0.1) is 20.8 Å². The number of nitrogens with two attached hydrogens (primary N) is 1. The van der Waals surface area contributed by atoms with Crippen molar-refractivity contribution in [1.82, 2.24) is 4.98 Å². The summed E-state index contributed by atoms with van der Waals surface area (Å²) in [6.45, 7) is 6.32. The fourth-order valence-electron chi connectivity index (χ4n) is 1.54. The molecule has 0 atom stereocenters. The molecule has 0 aliphatic carbocycles. The second kappa shape index (κ2) is 2.70. The van der Waals surface area contributed by atoms with Gasteiger partial charge >= 0.3 is 0 Å². The number of anilines is 1. The summed E-state index contributed by atoms with van der Waals surface area (Å²) in [6.07, 6.45) is 0. The number of nitrogen functional groups attached to an aromatic ring is 1. The van der Waals surface area contributed by atoms with Crippen LogP contribution in [-0.4, -0.2) is 4.98 Å². The lowest BCUT2D eigenvalue weighted by Crippen LogP contribution is -1.85. The van der Waals surface area contributed by atoms with Crippen molar-refractivity contribution >= 4 is 26.7 Å². The van der Waals surface area contributed by atoms with Crippen LogP contribution in [0.5, 0.6) is 0 Å². The highest BCUT2D eigenvalue weighted by atomic mass is 32.1. The van der Waals surface area contributed by atoms with Crippen molar-refractivity contribution in [2.75, 3.05) is 5.73 Å². The van der Waals surface area contributed by atoms with Gasteiger partial charge in [0.15, 0.2) is 5.13 Å². The fourth-order valence-corrected chi connectivity index (χ4v) is 2.50. The van der Waals surface area contributed by atoms with Crippen LogP contribution in [-0.2, 0) is 0 Å². The first-order chi connectivity index (χ1) is 6.09. The Balaban J connectivity index is 2.95. The lowest BCUT2D eigenvalue weighted by molar-refractivity contribution is 1.33. The average Bonchev–Trinajstić information content (AvgIpc) is 2.44. The summed E-state index contributed by atoms with van der Waals surface area (Å²) in [5.41, 5.74) is 10.6. The highest BCUT2D eigenvalue weighted by molar-refractivity contribution is 7.22. The van der Waals surface area contributed by atoms with E-state index in [4.69, 9.17) is 5.73 Å². The molecule has 1 heterocycles. The van der Waals surface area contributed by atoms with E-state index in [9.17, 15) is 0 Å². The third kappa shape index (κ3) is 1.20. The minimum Gasteiger partial charge on any atom is -0.375 e. The zero-order chi connectivity index (χ0) is 9.59. The number of aromatic nitrogens is 1. The maximum absolute atomic E-state index is 5.69. The fraction of sp³-hybridized carbons (Fsp3) is 0.300. The van der Waals surface area contributed by atoms with Gasteiger partial charge < -0.3 is 5.73 Å². The van der Waals surface area contributed by atoms with Gasteiger partial charge in [-0.15, -0.1) is 0 Å². The molecule has 3 heteroatoms. The molecule has 68 valence electrons. The molecule has 2 aromatic rings. The molecule has 0 bridgehead atoms. The van der Waals surface area contributed by atoms with E-state index in [1.54, 1.807) is 11.3 Å². The van der Waals surface area contributed by atoms with Gasteiger partial charge in [-0.2, -0.15) is 0 Å². The molecular formula is C10H12N2S. The minimum atomic E-state index is 0.659. The van der Waals surface area contributed by atoms with Crippen LogP contribution >= 0.6 is 11.3 Å². The zero-order valence-electron chi connectivity index (χ0n) is 8.01. The Labute approximate surface area is 81.4 Å². The Hall–Kier alpha value is -1.09. The Morgan fingerprint density at radius 3 is 2.62 bits per heavy atom. The van der Waals surface area contributed by atoms with Crippen molar-refractivity contribution in [3.8, 4) is 0 Å². The number of thiazole rings is 1. The van der Waals surface area contributed by atoms with Gasteiger partial charge in [-0.25, -0.2) is 4.98 Å². The number of hydrogen-bond donors (Lipinski definition) is 1. The molecule has 13 heavy (non-hydrogen) atoms. The normalized spacial score (nSPS) is 11.0. The molecule has 0 radical (unpaired) electrons. The van der Waals surface area contributed by atoms with Crippen LogP contribution in [0.4, 0.5) is 5.13 Å². The van der Waals surface area contributed by atoms with Crippen molar-refractivity contribution in [1.29, 1.82) is 0 Å². The largest absolute Gasteiger partial charge is 0.375 e. The standard InChI is InChI=1S/C10H12N2S/c1-5-4-6(2)8-9(7(5)3)13-10(11)12-8/h4H,1-3H3,(H2,11,12). The van der Waals surface area contributed by atoms with Gasteiger partial charge in [0.2, 0.25) is 0 Å². The number of nitrogens with zero attached hydrogens (tertiary/aromatic N) is 1. The van der Waals surface area contributed by atoms with E-state index >= 15 is 0 Å². The van der Waals surface area contributed by atoms with Crippen molar-refractivity contribution in [2.45, 2.75) is 20.8 Å². The molecular weight excluding hydrogens is 180 g/mol. The number of hydrogen-bond acceptors (Lipinski definition) is 3. The molecule has 2 rings (SSSR count). The molecule has 0 fully saturated rings. The van der Waals surface area contributed by atoms with Gasteiger partial charge in [0.25, 0.3) is 0 Å². The molecule has 0 amide bonds. The molecule has 0 unspecified atom stereocenters. The summed E-state index contributed by atoms with van der Waals surface area (Å²) in [5, 5.41) is 0.659. The van der Waals surface area contributed by atoms with E-state index in [2.05, 4.69) is 31.8 Å².